The van der Waals surface area contributed by atoms with E-state index < -0.39 is 41.8 Å². The van der Waals surface area contributed by atoms with Gasteiger partial charge in [0, 0.05) is 16.8 Å². The van der Waals surface area contributed by atoms with Gasteiger partial charge in [-0.15, -0.1) is 0 Å². The van der Waals surface area contributed by atoms with Crippen LogP contribution in [0.2, 0.25) is 15.1 Å². The molecule has 15 heteroatoms. The van der Waals surface area contributed by atoms with Crippen molar-refractivity contribution in [3.8, 4) is 11.3 Å². The zero-order valence-corrected chi connectivity index (χ0v) is 23.8. The van der Waals surface area contributed by atoms with Gasteiger partial charge in [-0.1, -0.05) is 34.8 Å². The number of nitrogens with zero attached hydrogens (tertiary/aromatic N) is 5. The fourth-order valence-electron chi connectivity index (χ4n) is 4.18. The van der Waals surface area contributed by atoms with E-state index in [1.807, 2.05) is 0 Å². The van der Waals surface area contributed by atoms with Crippen LogP contribution in [0.25, 0.3) is 16.8 Å². The summed E-state index contributed by atoms with van der Waals surface area (Å²) >= 11 is 18.4. The molecule has 0 spiro atoms. The van der Waals surface area contributed by atoms with Crippen molar-refractivity contribution in [3.05, 3.63) is 104 Å². The van der Waals surface area contributed by atoms with Gasteiger partial charge in [0.2, 0.25) is 11.9 Å². The summed E-state index contributed by atoms with van der Waals surface area (Å²) in [5.74, 6) is -1.63. The Morgan fingerprint density at radius 2 is 1.86 bits per heavy atom. The first-order valence-electron chi connectivity index (χ1n) is 12.3. The van der Waals surface area contributed by atoms with Crippen LogP contribution in [-0.4, -0.2) is 41.8 Å². The lowest BCUT2D eigenvalue weighted by atomic mass is 10.1. The van der Waals surface area contributed by atoms with Crippen LogP contribution in [0.3, 0.4) is 0 Å². The number of nitrogens with one attached hydrogen (secondary N) is 2. The third kappa shape index (κ3) is 6.07. The molecule has 0 aliphatic carbocycles. The monoisotopic (exact) mass is 633 g/mol. The van der Waals surface area contributed by atoms with Gasteiger partial charge < -0.3 is 15.7 Å². The predicted octanol–water partition coefficient (Wildman–Crippen LogP) is 5.35. The van der Waals surface area contributed by atoms with Gasteiger partial charge in [0.1, 0.15) is 29.5 Å². The highest BCUT2D eigenvalue weighted by Crippen LogP contribution is 2.30. The smallest absolute Gasteiger partial charge is 0.278 e. The SMILES string of the molecule is C[C@@H](C(=O)N[C@H](CO)c1cc(F)cc(Cl)c1)n1cnn2cc(-c3nc(Nc4ccc(F)cc4Cl)ncc3Cl)cc2c1=O. The average Bonchev–Trinajstić information content (AvgIpc) is 3.38. The number of hydrogen-bond acceptors (Lipinski definition) is 7. The van der Waals surface area contributed by atoms with Crippen LogP contribution in [0, 0.1) is 11.6 Å². The third-order valence-electron chi connectivity index (χ3n) is 6.33. The van der Waals surface area contributed by atoms with Crippen molar-refractivity contribution in [1.29, 1.82) is 0 Å². The highest BCUT2D eigenvalue weighted by molar-refractivity contribution is 6.33. The second kappa shape index (κ2) is 12.0. The van der Waals surface area contributed by atoms with E-state index in [2.05, 4.69) is 25.7 Å². The minimum absolute atomic E-state index is 0.103. The first-order chi connectivity index (χ1) is 20.0. The van der Waals surface area contributed by atoms with E-state index in [0.717, 1.165) is 22.8 Å². The zero-order chi connectivity index (χ0) is 30.1. The molecule has 0 radical (unpaired) electrons. The summed E-state index contributed by atoms with van der Waals surface area (Å²) in [4.78, 5) is 34.9. The number of aliphatic hydroxyl groups excluding tert-OH is 1. The van der Waals surface area contributed by atoms with Gasteiger partial charge in [0.15, 0.2) is 0 Å². The second-order valence-electron chi connectivity index (χ2n) is 9.16. The molecule has 5 aromatic rings. The summed E-state index contributed by atoms with van der Waals surface area (Å²) in [6.07, 6.45) is 4.08. The average molecular weight is 635 g/mol. The second-order valence-corrected chi connectivity index (χ2v) is 10.4. The molecule has 0 aliphatic heterocycles. The number of aliphatic hydroxyl groups is 1. The zero-order valence-electron chi connectivity index (χ0n) is 21.5. The maximum absolute atomic E-state index is 13.8. The van der Waals surface area contributed by atoms with E-state index in [1.54, 1.807) is 0 Å². The Bertz CT molecular complexity index is 1860. The summed E-state index contributed by atoms with van der Waals surface area (Å²) in [6.45, 7) is 0.946. The van der Waals surface area contributed by atoms with Crippen LogP contribution in [0.15, 0.2) is 66.0 Å². The summed E-state index contributed by atoms with van der Waals surface area (Å²) in [5, 5.41) is 20.0. The number of hydrogen-bond donors (Lipinski definition) is 3. The Balaban J connectivity index is 1.41. The molecule has 5 rings (SSSR count). The van der Waals surface area contributed by atoms with Gasteiger partial charge in [-0.2, -0.15) is 5.10 Å². The quantitative estimate of drug-likeness (QED) is 0.210. The number of halogens is 5. The van der Waals surface area contributed by atoms with E-state index in [4.69, 9.17) is 34.8 Å². The van der Waals surface area contributed by atoms with E-state index in [0.29, 0.717) is 11.3 Å². The highest BCUT2D eigenvalue weighted by atomic mass is 35.5. The lowest BCUT2D eigenvalue weighted by Gasteiger charge is -2.21. The van der Waals surface area contributed by atoms with E-state index in [1.165, 1.54) is 54.4 Å². The maximum atomic E-state index is 13.8. The number of aromatic nitrogens is 5. The summed E-state index contributed by atoms with van der Waals surface area (Å²) in [5.41, 5.74) is 0.905. The normalized spacial score (nSPS) is 12.7. The molecule has 0 aliphatic rings. The number of amides is 1. The molecule has 2 atom stereocenters. The fraction of sp³-hybridized carbons (Fsp3) is 0.148. The Morgan fingerprint density at radius 3 is 2.57 bits per heavy atom. The van der Waals surface area contributed by atoms with Crippen molar-refractivity contribution in [3.63, 3.8) is 0 Å². The fourth-order valence-corrected chi connectivity index (χ4v) is 4.82. The van der Waals surface area contributed by atoms with Crippen LogP contribution in [-0.2, 0) is 4.79 Å². The number of anilines is 2. The number of carbonyl (C=O) groups excluding carboxylic acids is 1. The first kappa shape index (κ1) is 29.4. The van der Waals surface area contributed by atoms with Gasteiger partial charge >= 0.3 is 0 Å². The van der Waals surface area contributed by atoms with Crippen molar-refractivity contribution in [2.24, 2.45) is 0 Å². The molecule has 216 valence electrons. The van der Waals surface area contributed by atoms with Gasteiger partial charge in [0.05, 0.1) is 40.3 Å². The van der Waals surface area contributed by atoms with E-state index >= 15 is 0 Å². The maximum Gasteiger partial charge on any atom is 0.278 e. The summed E-state index contributed by atoms with van der Waals surface area (Å²) in [7, 11) is 0. The highest BCUT2D eigenvalue weighted by Gasteiger charge is 2.23. The molecular weight excluding hydrogens is 615 g/mol. The Morgan fingerprint density at radius 1 is 1.07 bits per heavy atom. The molecule has 0 bridgehead atoms. The molecule has 0 fully saturated rings. The van der Waals surface area contributed by atoms with Crippen molar-refractivity contribution in [1.82, 2.24) is 29.5 Å². The van der Waals surface area contributed by atoms with Crippen molar-refractivity contribution in [2.45, 2.75) is 19.0 Å². The Kier molecular flexibility index (Phi) is 8.41. The van der Waals surface area contributed by atoms with Gasteiger partial charge in [-0.3, -0.25) is 14.2 Å². The van der Waals surface area contributed by atoms with Crippen LogP contribution < -0.4 is 16.2 Å². The van der Waals surface area contributed by atoms with Crippen LogP contribution in [0.1, 0.15) is 24.6 Å². The number of benzene rings is 2. The van der Waals surface area contributed by atoms with Crippen molar-refractivity contribution >= 4 is 57.9 Å². The number of rotatable bonds is 8. The lowest BCUT2D eigenvalue weighted by molar-refractivity contribution is -0.125. The minimum Gasteiger partial charge on any atom is -0.394 e. The molecule has 10 nitrogen and oxygen atoms in total. The van der Waals surface area contributed by atoms with Gasteiger partial charge in [-0.05, 0) is 55.0 Å². The molecule has 2 aromatic carbocycles. The minimum atomic E-state index is -1.05. The standard InChI is InChI=1S/C27H20Cl3F2N7O3/c1-13(25(41)35-22(11-40)14-4-16(28)7-18(32)5-14)38-12-34-39-10-15(6-23(39)26(38)42)24-20(30)9-33-27(37-24)36-21-3-2-17(31)8-19(21)29/h2-10,12-13,22,40H,11H2,1H3,(H,35,41)(H,33,36,37)/t13-,22+/m0/s1. The molecular formula is C27H20Cl3F2N7O3. The van der Waals surface area contributed by atoms with Crippen LogP contribution in [0.4, 0.5) is 20.4 Å². The van der Waals surface area contributed by atoms with E-state index in [9.17, 15) is 23.5 Å². The van der Waals surface area contributed by atoms with E-state index in [-0.39, 0.29) is 37.8 Å². The summed E-state index contributed by atoms with van der Waals surface area (Å²) in [6, 6.07) is 6.96. The predicted molar refractivity (Wildman–Crippen MR) is 154 cm³/mol. The molecule has 3 aromatic heterocycles. The number of fused-ring (bicyclic) bond motifs is 1. The third-order valence-corrected chi connectivity index (χ3v) is 7.14. The van der Waals surface area contributed by atoms with Crippen LogP contribution in [0.5, 0.6) is 0 Å². The van der Waals surface area contributed by atoms with Gasteiger partial charge in [-0.25, -0.2) is 23.3 Å². The topological polar surface area (TPSA) is 126 Å². The lowest BCUT2D eigenvalue weighted by Crippen LogP contribution is -2.39. The molecule has 0 unspecified atom stereocenters. The molecule has 42 heavy (non-hydrogen) atoms. The molecule has 1 amide bonds. The first-order valence-corrected chi connectivity index (χ1v) is 13.4. The number of carbonyl (C=O) groups is 1. The molecule has 0 saturated carbocycles. The largest absolute Gasteiger partial charge is 0.394 e. The summed E-state index contributed by atoms with van der Waals surface area (Å²) < 4.78 is 29.6. The van der Waals surface area contributed by atoms with Crippen molar-refractivity contribution in [2.75, 3.05) is 11.9 Å². The van der Waals surface area contributed by atoms with Crippen molar-refractivity contribution < 1.29 is 18.7 Å². The Hall–Kier alpha value is -4.10. The van der Waals surface area contributed by atoms with Gasteiger partial charge in [0.25, 0.3) is 5.56 Å². The van der Waals surface area contributed by atoms with Crippen LogP contribution >= 0.6 is 34.8 Å². The Labute approximate surface area is 251 Å². The molecule has 3 heterocycles. The molecule has 3 N–H and O–H groups in total. The molecule has 0 saturated heterocycles.